The van der Waals surface area contributed by atoms with Crippen LogP contribution in [0.15, 0.2) is 24.5 Å². The maximum absolute atomic E-state index is 13.0. The van der Waals surface area contributed by atoms with Crippen molar-refractivity contribution in [2.24, 2.45) is 0 Å². The van der Waals surface area contributed by atoms with Gasteiger partial charge in [0.05, 0.1) is 24.3 Å². The lowest BCUT2D eigenvalue weighted by atomic mass is 10.1. The van der Waals surface area contributed by atoms with Crippen LogP contribution in [0.2, 0.25) is 0 Å². The monoisotopic (exact) mass is 220 g/mol. The Kier molecular flexibility index (Phi) is 2.75. The molecule has 1 heterocycles. The van der Waals surface area contributed by atoms with Gasteiger partial charge in [0.25, 0.3) is 0 Å². The molecule has 0 amide bonds. The molecule has 3 nitrogen and oxygen atoms in total. The van der Waals surface area contributed by atoms with E-state index in [0.29, 0.717) is 5.56 Å². The Bertz CT molecular complexity index is 520. The van der Waals surface area contributed by atoms with Crippen molar-refractivity contribution in [3.8, 4) is 5.69 Å². The van der Waals surface area contributed by atoms with Crippen LogP contribution in [0.1, 0.15) is 17.0 Å². The smallest absolute Gasteiger partial charge is 0.123 e. The second kappa shape index (κ2) is 4.06. The molecule has 16 heavy (non-hydrogen) atoms. The van der Waals surface area contributed by atoms with Crippen LogP contribution in [0.4, 0.5) is 4.39 Å². The number of rotatable bonds is 2. The highest BCUT2D eigenvalue weighted by molar-refractivity contribution is 5.43. The first-order valence-corrected chi connectivity index (χ1v) is 5.03. The van der Waals surface area contributed by atoms with E-state index < -0.39 is 0 Å². The predicted octanol–water partition coefficient (Wildman–Crippen LogP) is 2.12. The lowest BCUT2D eigenvalue weighted by Gasteiger charge is -2.10. The van der Waals surface area contributed by atoms with Crippen LogP contribution in [0, 0.1) is 19.7 Å². The summed E-state index contributed by atoms with van der Waals surface area (Å²) in [6.07, 6.45) is 1.68. The molecule has 0 spiro atoms. The Morgan fingerprint density at radius 1 is 1.38 bits per heavy atom. The molecule has 2 rings (SSSR count). The van der Waals surface area contributed by atoms with Gasteiger partial charge in [-0.3, -0.25) is 0 Å². The van der Waals surface area contributed by atoms with Crippen LogP contribution < -0.4 is 0 Å². The number of hydrogen-bond donors (Lipinski definition) is 1. The molecule has 4 heteroatoms. The van der Waals surface area contributed by atoms with Gasteiger partial charge in [-0.2, -0.15) is 0 Å². The van der Waals surface area contributed by atoms with Crippen molar-refractivity contribution in [3.05, 3.63) is 47.3 Å². The second-order valence-corrected chi connectivity index (χ2v) is 3.72. The number of aryl methyl sites for hydroxylation is 1. The normalized spacial score (nSPS) is 10.8. The topological polar surface area (TPSA) is 38.0 Å². The Hall–Kier alpha value is -1.68. The van der Waals surface area contributed by atoms with Crippen molar-refractivity contribution in [1.82, 2.24) is 9.55 Å². The van der Waals surface area contributed by atoms with Crippen molar-refractivity contribution >= 4 is 0 Å². The summed E-state index contributed by atoms with van der Waals surface area (Å²) in [5.41, 5.74) is 3.23. The van der Waals surface area contributed by atoms with Gasteiger partial charge in [0.2, 0.25) is 0 Å². The quantitative estimate of drug-likeness (QED) is 0.841. The highest BCUT2D eigenvalue weighted by Crippen LogP contribution is 2.19. The first-order chi connectivity index (χ1) is 7.63. The molecule has 1 N–H and O–H groups in total. The lowest BCUT2D eigenvalue weighted by molar-refractivity contribution is 0.281. The molecule has 0 bridgehead atoms. The highest BCUT2D eigenvalue weighted by Gasteiger charge is 2.09. The van der Waals surface area contributed by atoms with Crippen LogP contribution in [-0.2, 0) is 6.61 Å². The molecule has 0 unspecified atom stereocenters. The van der Waals surface area contributed by atoms with Crippen LogP contribution in [0.25, 0.3) is 5.69 Å². The summed E-state index contributed by atoms with van der Waals surface area (Å²) in [6, 6.07) is 4.36. The fourth-order valence-electron chi connectivity index (χ4n) is 1.66. The van der Waals surface area contributed by atoms with Crippen molar-refractivity contribution in [3.63, 3.8) is 0 Å². The number of aliphatic hydroxyl groups is 1. The minimum Gasteiger partial charge on any atom is -0.392 e. The highest BCUT2D eigenvalue weighted by atomic mass is 19.1. The summed E-state index contributed by atoms with van der Waals surface area (Å²) in [7, 11) is 0. The maximum Gasteiger partial charge on any atom is 0.123 e. The van der Waals surface area contributed by atoms with Gasteiger partial charge in [-0.15, -0.1) is 0 Å². The summed E-state index contributed by atoms with van der Waals surface area (Å²) < 4.78 is 14.9. The fourth-order valence-corrected chi connectivity index (χ4v) is 1.66. The Morgan fingerprint density at radius 2 is 2.12 bits per heavy atom. The van der Waals surface area contributed by atoms with Crippen molar-refractivity contribution in [2.75, 3.05) is 0 Å². The average Bonchev–Trinajstić information content (AvgIpc) is 2.60. The van der Waals surface area contributed by atoms with E-state index in [-0.39, 0.29) is 12.4 Å². The van der Waals surface area contributed by atoms with E-state index in [1.807, 2.05) is 18.4 Å². The molecule has 0 aliphatic heterocycles. The van der Waals surface area contributed by atoms with Gasteiger partial charge in [-0.25, -0.2) is 9.37 Å². The first kappa shape index (κ1) is 10.8. The van der Waals surface area contributed by atoms with Gasteiger partial charge in [-0.05, 0) is 32.0 Å². The van der Waals surface area contributed by atoms with Crippen LogP contribution in [0.3, 0.4) is 0 Å². The van der Waals surface area contributed by atoms with E-state index in [0.717, 1.165) is 17.1 Å². The van der Waals surface area contributed by atoms with E-state index in [1.165, 1.54) is 12.1 Å². The summed E-state index contributed by atoms with van der Waals surface area (Å²) >= 11 is 0. The van der Waals surface area contributed by atoms with Crippen LogP contribution in [0.5, 0.6) is 0 Å². The van der Waals surface area contributed by atoms with E-state index in [1.54, 1.807) is 12.4 Å². The standard InChI is InChI=1S/C12H13FN2O/c1-8-9(2)15(7-14-8)12-4-3-11(13)5-10(12)6-16/h3-5,7,16H,6H2,1-2H3. The van der Waals surface area contributed by atoms with E-state index in [9.17, 15) is 9.50 Å². The molecule has 2 aromatic rings. The Balaban J connectivity index is 2.59. The van der Waals surface area contributed by atoms with Gasteiger partial charge in [0.1, 0.15) is 5.82 Å². The molecular formula is C12H13FN2O. The summed E-state index contributed by atoms with van der Waals surface area (Å²) in [6.45, 7) is 3.66. The third kappa shape index (κ3) is 1.72. The number of halogens is 1. The zero-order chi connectivity index (χ0) is 11.7. The second-order valence-electron chi connectivity index (χ2n) is 3.72. The molecule has 0 saturated heterocycles. The Morgan fingerprint density at radius 3 is 2.69 bits per heavy atom. The summed E-state index contributed by atoms with van der Waals surface area (Å²) in [4.78, 5) is 4.18. The van der Waals surface area contributed by atoms with Crippen molar-refractivity contribution in [2.45, 2.75) is 20.5 Å². The van der Waals surface area contributed by atoms with Crippen LogP contribution in [-0.4, -0.2) is 14.7 Å². The molecule has 0 fully saturated rings. The number of hydrogen-bond acceptors (Lipinski definition) is 2. The third-order valence-corrected chi connectivity index (χ3v) is 2.72. The molecule has 1 aromatic carbocycles. The predicted molar refractivity (Wildman–Crippen MR) is 58.9 cm³/mol. The van der Waals surface area contributed by atoms with Crippen molar-refractivity contribution < 1.29 is 9.50 Å². The lowest BCUT2D eigenvalue weighted by Crippen LogP contribution is -2.01. The molecule has 0 atom stereocenters. The molecule has 0 saturated carbocycles. The molecular weight excluding hydrogens is 207 g/mol. The Labute approximate surface area is 93.2 Å². The van der Waals surface area contributed by atoms with Gasteiger partial charge < -0.3 is 9.67 Å². The molecule has 0 radical (unpaired) electrons. The summed E-state index contributed by atoms with van der Waals surface area (Å²) in [5, 5.41) is 9.20. The minimum atomic E-state index is -0.345. The molecule has 0 aliphatic rings. The number of aliphatic hydroxyl groups excluding tert-OH is 1. The van der Waals surface area contributed by atoms with E-state index in [4.69, 9.17) is 0 Å². The SMILES string of the molecule is Cc1ncn(-c2ccc(F)cc2CO)c1C. The molecule has 84 valence electrons. The number of nitrogens with zero attached hydrogens (tertiary/aromatic N) is 2. The zero-order valence-corrected chi connectivity index (χ0v) is 9.24. The van der Waals surface area contributed by atoms with Gasteiger partial charge in [0, 0.05) is 11.3 Å². The maximum atomic E-state index is 13.0. The first-order valence-electron chi connectivity index (χ1n) is 5.03. The van der Waals surface area contributed by atoms with Gasteiger partial charge in [0.15, 0.2) is 0 Å². The number of imidazole rings is 1. The van der Waals surface area contributed by atoms with Crippen molar-refractivity contribution in [1.29, 1.82) is 0 Å². The van der Waals surface area contributed by atoms with Crippen LogP contribution >= 0.6 is 0 Å². The zero-order valence-electron chi connectivity index (χ0n) is 9.24. The van der Waals surface area contributed by atoms with E-state index in [2.05, 4.69) is 4.98 Å². The largest absolute Gasteiger partial charge is 0.392 e. The molecule has 0 aliphatic carbocycles. The molecule has 1 aromatic heterocycles. The van der Waals surface area contributed by atoms with Gasteiger partial charge in [-0.1, -0.05) is 0 Å². The summed E-state index contributed by atoms with van der Waals surface area (Å²) in [5.74, 6) is -0.345. The fraction of sp³-hybridized carbons (Fsp3) is 0.250. The minimum absolute atomic E-state index is 0.191. The number of aromatic nitrogens is 2. The number of benzene rings is 1. The van der Waals surface area contributed by atoms with E-state index >= 15 is 0 Å². The van der Waals surface area contributed by atoms with Gasteiger partial charge >= 0.3 is 0 Å². The average molecular weight is 220 g/mol. The third-order valence-electron chi connectivity index (χ3n) is 2.72.